The van der Waals surface area contributed by atoms with Crippen LogP contribution in [0.15, 0.2) is 79.0 Å². The number of non-ortho nitro benzene ring substituents is 1. The number of nitro groups is 1. The molecular formula is C30H32FN3O3. The van der Waals surface area contributed by atoms with Gasteiger partial charge < -0.3 is 9.88 Å². The summed E-state index contributed by atoms with van der Waals surface area (Å²) >= 11 is 0. The molecule has 1 heterocycles. The van der Waals surface area contributed by atoms with E-state index in [4.69, 9.17) is 0 Å². The van der Waals surface area contributed by atoms with Gasteiger partial charge in [-0.25, -0.2) is 4.39 Å². The number of nitro benzene ring substituents is 1. The lowest BCUT2D eigenvalue weighted by atomic mass is 9.88. The van der Waals surface area contributed by atoms with Crippen LogP contribution in [0.3, 0.4) is 0 Å². The van der Waals surface area contributed by atoms with Gasteiger partial charge in [-0.1, -0.05) is 68.7 Å². The molecule has 0 aliphatic carbocycles. The van der Waals surface area contributed by atoms with Gasteiger partial charge in [0.15, 0.2) is 0 Å². The minimum atomic E-state index is -0.409. The van der Waals surface area contributed by atoms with E-state index in [0.717, 1.165) is 53.3 Å². The molecular weight excluding hydrogens is 469 g/mol. The molecule has 0 saturated carbocycles. The number of unbranched alkanes of at least 4 members (excludes halogenated alkanes) is 3. The van der Waals surface area contributed by atoms with Crippen LogP contribution in [-0.2, 0) is 11.3 Å². The molecule has 0 aliphatic heterocycles. The average molecular weight is 502 g/mol. The topological polar surface area (TPSA) is 77.2 Å². The largest absolute Gasteiger partial charge is 0.356 e. The third-order valence-corrected chi connectivity index (χ3v) is 6.69. The number of carbonyl (C=O) groups is 1. The third kappa shape index (κ3) is 6.61. The highest BCUT2D eigenvalue weighted by atomic mass is 19.1. The van der Waals surface area contributed by atoms with E-state index < -0.39 is 10.8 Å². The minimum absolute atomic E-state index is 0.00978. The van der Waals surface area contributed by atoms with Gasteiger partial charge in [-0.15, -0.1) is 0 Å². The quantitative estimate of drug-likeness (QED) is 0.130. The van der Waals surface area contributed by atoms with Gasteiger partial charge in [-0.2, -0.15) is 0 Å². The normalized spacial score (nSPS) is 11.9. The molecule has 192 valence electrons. The molecule has 1 amide bonds. The molecule has 37 heavy (non-hydrogen) atoms. The van der Waals surface area contributed by atoms with Crippen LogP contribution in [0, 0.1) is 15.9 Å². The Labute approximate surface area is 216 Å². The highest BCUT2D eigenvalue weighted by Gasteiger charge is 2.24. The summed E-state index contributed by atoms with van der Waals surface area (Å²) in [6, 6.07) is 20.9. The second kappa shape index (κ2) is 12.3. The molecule has 4 aromatic rings. The summed E-state index contributed by atoms with van der Waals surface area (Å²) in [4.78, 5) is 24.2. The number of nitrogens with one attached hydrogen (secondary N) is 1. The molecule has 0 aliphatic rings. The number of carbonyl (C=O) groups excluding carboxylic acids is 1. The highest BCUT2D eigenvalue weighted by Crippen LogP contribution is 2.37. The number of fused-ring (bicyclic) bond motifs is 1. The SMILES string of the molecule is CCCCCCNC(=O)CC(c1ccc(F)cc1)c1cn(Cc2ccccc2)c2ccc([N+](=O)[O-])cc12. The predicted molar refractivity (Wildman–Crippen MR) is 144 cm³/mol. The molecule has 7 heteroatoms. The van der Waals surface area contributed by atoms with Crippen LogP contribution >= 0.6 is 0 Å². The summed E-state index contributed by atoms with van der Waals surface area (Å²) in [6.07, 6.45) is 6.38. The number of amides is 1. The first-order valence-electron chi connectivity index (χ1n) is 12.8. The van der Waals surface area contributed by atoms with Crippen LogP contribution in [-0.4, -0.2) is 21.9 Å². The summed E-state index contributed by atoms with van der Waals surface area (Å²) in [7, 11) is 0. The standard InChI is InChI=1S/C30H32FN3O3/c1-2-3-4-8-17-32-30(35)19-26(23-11-13-24(31)14-12-23)28-21-33(20-22-9-6-5-7-10-22)29-16-15-25(34(36)37)18-27(28)29/h5-7,9-16,18,21,26H,2-4,8,17,19-20H2,1H3,(H,32,35). The molecule has 1 N–H and O–H groups in total. The molecule has 1 aromatic heterocycles. The summed E-state index contributed by atoms with van der Waals surface area (Å²) in [5.41, 5.74) is 3.52. The lowest BCUT2D eigenvalue weighted by Crippen LogP contribution is -2.26. The Morgan fingerprint density at radius 1 is 1.03 bits per heavy atom. The molecule has 3 aromatic carbocycles. The fraction of sp³-hybridized carbons (Fsp3) is 0.300. The summed E-state index contributed by atoms with van der Waals surface area (Å²) in [5.74, 6) is -0.844. The Balaban J connectivity index is 1.74. The van der Waals surface area contributed by atoms with Crippen molar-refractivity contribution in [2.75, 3.05) is 6.54 Å². The lowest BCUT2D eigenvalue weighted by molar-refractivity contribution is -0.384. The number of rotatable bonds is 12. The van der Waals surface area contributed by atoms with Crippen molar-refractivity contribution in [2.24, 2.45) is 0 Å². The number of hydrogen-bond donors (Lipinski definition) is 1. The predicted octanol–water partition coefficient (Wildman–Crippen LogP) is 6.96. The van der Waals surface area contributed by atoms with Crippen molar-refractivity contribution in [1.29, 1.82) is 0 Å². The molecule has 0 spiro atoms. The van der Waals surface area contributed by atoms with Crippen molar-refractivity contribution < 1.29 is 14.1 Å². The van der Waals surface area contributed by atoms with Crippen LogP contribution in [0.4, 0.5) is 10.1 Å². The zero-order valence-electron chi connectivity index (χ0n) is 21.0. The van der Waals surface area contributed by atoms with E-state index in [0.29, 0.717) is 13.1 Å². The molecule has 4 rings (SSSR count). The van der Waals surface area contributed by atoms with Gasteiger partial charge in [0.2, 0.25) is 5.91 Å². The van der Waals surface area contributed by atoms with E-state index in [1.54, 1.807) is 24.3 Å². The number of benzene rings is 3. The maximum absolute atomic E-state index is 13.8. The van der Waals surface area contributed by atoms with Gasteiger partial charge in [0.25, 0.3) is 5.69 Å². The Kier molecular flexibility index (Phi) is 8.67. The Bertz CT molecular complexity index is 1350. The van der Waals surface area contributed by atoms with Gasteiger partial charge in [-0.05, 0) is 41.3 Å². The summed E-state index contributed by atoms with van der Waals surface area (Å²) in [6.45, 7) is 3.33. The van der Waals surface area contributed by atoms with Gasteiger partial charge >= 0.3 is 0 Å². The molecule has 0 radical (unpaired) electrons. The van der Waals surface area contributed by atoms with Crippen molar-refractivity contribution >= 4 is 22.5 Å². The van der Waals surface area contributed by atoms with E-state index in [1.807, 2.05) is 36.5 Å². The number of nitrogens with zero attached hydrogens (tertiary/aromatic N) is 2. The van der Waals surface area contributed by atoms with Crippen molar-refractivity contribution in [3.05, 3.63) is 112 Å². The first-order chi connectivity index (χ1) is 18.0. The number of halogens is 1. The van der Waals surface area contributed by atoms with Crippen molar-refractivity contribution in [1.82, 2.24) is 9.88 Å². The minimum Gasteiger partial charge on any atom is -0.356 e. The number of aromatic nitrogens is 1. The second-order valence-electron chi connectivity index (χ2n) is 9.38. The van der Waals surface area contributed by atoms with E-state index in [9.17, 15) is 19.3 Å². The molecule has 0 fully saturated rings. The van der Waals surface area contributed by atoms with Gasteiger partial charge in [0, 0.05) is 54.7 Å². The van der Waals surface area contributed by atoms with Crippen LogP contribution in [0.1, 0.15) is 61.6 Å². The van der Waals surface area contributed by atoms with Crippen LogP contribution in [0.5, 0.6) is 0 Å². The van der Waals surface area contributed by atoms with Gasteiger partial charge in [0.05, 0.1) is 4.92 Å². The summed E-state index contributed by atoms with van der Waals surface area (Å²) < 4.78 is 15.8. The fourth-order valence-electron chi connectivity index (χ4n) is 4.75. The van der Waals surface area contributed by atoms with E-state index in [-0.39, 0.29) is 23.8 Å². The first kappa shape index (κ1) is 26.1. The average Bonchev–Trinajstić information content (AvgIpc) is 3.25. The van der Waals surface area contributed by atoms with Crippen LogP contribution in [0.2, 0.25) is 0 Å². The second-order valence-corrected chi connectivity index (χ2v) is 9.38. The zero-order valence-corrected chi connectivity index (χ0v) is 21.0. The maximum Gasteiger partial charge on any atom is 0.270 e. The van der Waals surface area contributed by atoms with Crippen LogP contribution < -0.4 is 5.32 Å². The van der Waals surface area contributed by atoms with Gasteiger partial charge in [-0.3, -0.25) is 14.9 Å². The van der Waals surface area contributed by atoms with Crippen molar-refractivity contribution in [3.63, 3.8) is 0 Å². The monoisotopic (exact) mass is 501 g/mol. The molecule has 1 atom stereocenters. The smallest absolute Gasteiger partial charge is 0.270 e. The molecule has 0 bridgehead atoms. The van der Waals surface area contributed by atoms with E-state index in [1.165, 1.54) is 18.2 Å². The Morgan fingerprint density at radius 3 is 2.49 bits per heavy atom. The van der Waals surface area contributed by atoms with Crippen molar-refractivity contribution in [2.45, 2.75) is 51.5 Å². The molecule has 1 unspecified atom stereocenters. The highest BCUT2D eigenvalue weighted by molar-refractivity contribution is 5.88. The Morgan fingerprint density at radius 2 is 1.78 bits per heavy atom. The maximum atomic E-state index is 13.8. The molecule has 0 saturated heterocycles. The lowest BCUT2D eigenvalue weighted by Gasteiger charge is -2.17. The molecule has 6 nitrogen and oxygen atoms in total. The third-order valence-electron chi connectivity index (χ3n) is 6.69. The van der Waals surface area contributed by atoms with E-state index in [2.05, 4.69) is 16.8 Å². The fourth-order valence-corrected chi connectivity index (χ4v) is 4.75. The van der Waals surface area contributed by atoms with Crippen molar-refractivity contribution in [3.8, 4) is 0 Å². The zero-order chi connectivity index (χ0) is 26.2. The van der Waals surface area contributed by atoms with Gasteiger partial charge in [0.1, 0.15) is 5.82 Å². The first-order valence-corrected chi connectivity index (χ1v) is 12.8. The Hall–Kier alpha value is -4.00. The van der Waals surface area contributed by atoms with E-state index >= 15 is 0 Å². The summed E-state index contributed by atoms with van der Waals surface area (Å²) in [5, 5.41) is 15.3. The van der Waals surface area contributed by atoms with Crippen LogP contribution in [0.25, 0.3) is 10.9 Å². The number of hydrogen-bond acceptors (Lipinski definition) is 3.